The molecule has 0 aliphatic carbocycles. The summed E-state index contributed by atoms with van der Waals surface area (Å²) in [7, 11) is 1.66. The van der Waals surface area contributed by atoms with Crippen LogP contribution >= 0.6 is 0 Å². The summed E-state index contributed by atoms with van der Waals surface area (Å²) in [6, 6.07) is 19.1. The molecule has 3 aromatic rings. The van der Waals surface area contributed by atoms with E-state index in [9.17, 15) is 14.4 Å². The van der Waals surface area contributed by atoms with Crippen LogP contribution in [0.4, 0.5) is 0 Å². The molecular weight excluding hydrogens is 392 g/mol. The lowest BCUT2D eigenvalue weighted by molar-refractivity contribution is -0.150. The highest BCUT2D eigenvalue weighted by Crippen LogP contribution is 2.15. The summed E-state index contributed by atoms with van der Waals surface area (Å²) < 4.78 is 5.02. The van der Waals surface area contributed by atoms with E-state index in [4.69, 9.17) is 4.74 Å². The molecule has 0 heterocycles. The van der Waals surface area contributed by atoms with Crippen molar-refractivity contribution in [3.05, 3.63) is 82.9 Å². The van der Waals surface area contributed by atoms with Gasteiger partial charge in [-0.2, -0.15) is 0 Å². The first kappa shape index (κ1) is 22.0. The smallest absolute Gasteiger partial charge is 0.325 e. The third kappa shape index (κ3) is 5.92. The summed E-state index contributed by atoms with van der Waals surface area (Å²) in [6.07, 6.45) is 0. The molecule has 0 aliphatic heterocycles. The molecule has 3 rings (SSSR count). The van der Waals surface area contributed by atoms with Crippen molar-refractivity contribution >= 4 is 28.6 Å². The number of carbonyl (C=O) groups is 3. The Bertz CT molecular complexity index is 1120. The van der Waals surface area contributed by atoms with Crippen molar-refractivity contribution in [2.75, 3.05) is 20.2 Å². The number of hydrogen-bond acceptors (Lipinski definition) is 4. The van der Waals surface area contributed by atoms with Crippen LogP contribution in [0.15, 0.2) is 60.7 Å². The van der Waals surface area contributed by atoms with Crippen molar-refractivity contribution < 1.29 is 19.1 Å². The maximum absolute atomic E-state index is 12.3. The predicted molar refractivity (Wildman–Crippen MR) is 120 cm³/mol. The number of nitrogens with zero attached hydrogens (tertiary/aromatic N) is 1. The summed E-state index contributed by atoms with van der Waals surface area (Å²) >= 11 is 0. The standard InChI is InChI=1S/C25H26N2O4/c1-17-8-9-22(18(2)12-17)15-27(3)23(28)16-31-24(29)14-26-25(30)21-11-10-19-6-4-5-7-20(19)13-21/h4-13H,14-16H2,1-3H3,(H,26,30). The Morgan fingerprint density at radius 2 is 1.68 bits per heavy atom. The molecule has 0 spiro atoms. The number of aryl methyl sites for hydroxylation is 2. The Kier molecular flexibility index (Phi) is 7.03. The van der Waals surface area contributed by atoms with E-state index in [-0.39, 0.29) is 25.0 Å². The van der Waals surface area contributed by atoms with Gasteiger partial charge in [-0.05, 0) is 47.9 Å². The minimum absolute atomic E-state index is 0.306. The minimum Gasteiger partial charge on any atom is -0.454 e. The van der Waals surface area contributed by atoms with Crippen molar-refractivity contribution in [1.29, 1.82) is 0 Å². The third-order valence-corrected chi connectivity index (χ3v) is 5.09. The number of hydrogen-bond donors (Lipinski definition) is 1. The van der Waals surface area contributed by atoms with Gasteiger partial charge in [-0.1, -0.05) is 54.1 Å². The zero-order valence-corrected chi connectivity index (χ0v) is 18.0. The highest BCUT2D eigenvalue weighted by molar-refractivity contribution is 5.99. The summed E-state index contributed by atoms with van der Waals surface area (Å²) in [5, 5.41) is 4.50. The first-order valence-electron chi connectivity index (χ1n) is 10.1. The minimum atomic E-state index is -0.664. The highest BCUT2D eigenvalue weighted by Gasteiger charge is 2.15. The van der Waals surface area contributed by atoms with Gasteiger partial charge in [0.15, 0.2) is 6.61 Å². The molecule has 0 aliphatic rings. The fourth-order valence-corrected chi connectivity index (χ4v) is 3.26. The molecular formula is C25H26N2O4. The van der Waals surface area contributed by atoms with Crippen LogP contribution in [-0.4, -0.2) is 42.9 Å². The molecule has 0 saturated carbocycles. The van der Waals surface area contributed by atoms with Crippen LogP contribution < -0.4 is 5.32 Å². The maximum atomic E-state index is 12.3. The Balaban J connectivity index is 1.45. The monoisotopic (exact) mass is 418 g/mol. The van der Waals surface area contributed by atoms with E-state index in [1.807, 2.05) is 56.3 Å². The zero-order chi connectivity index (χ0) is 22.4. The lowest BCUT2D eigenvalue weighted by atomic mass is 10.1. The number of benzene rings is 3. The molecule has 6 nitrogen and oxygen atoms in total. The van der Waals surface area contributed by atoms with Gasteiger partial charge in [-0.15, -0.1) is 0 Å². The fourth-order valence-electron chi connectivity index (χ4n) is 3.26. The average molecular weight is 418 g/mol. The van der Waals surface area contributed by atoms with Crippen molar-refractivity contribution in [1.82, 2.24) is 10.2 Å². The highest BCUT2D eigenvalue weighted by atomic mass is 16.5. The van der Waals surface area contributed by atoms with Crippen LogP contribution in [0.2, 0.25) is 0 Å². The van der Waals surface area contributed by atoms with Gasteiger partial charge >= 0.3 is 5.97 Å². The molecule has 160 valence electrons. The third-order valence-electron chi connectivity index (χ3n) is 5.09. The molecule has 3 aromatic carbocycles. The molecule has 1 N–H and O–H groups in total. The van der Waals surface area contributed by atoms with Gasteiger partial charge in [0.05, 0.1) is 0 Å². The van der Waals surface area contributed by atoms with Crippen LogP contribution in [0.5, 0.6) is 0 Å². The SMILES string of the molecule is Cc1ccc(CN(C)C(=O)COC(=O)CNC(=O)c2ccc3ccccc3c2)c(C)c1. The summed E-state index contributed by atoms with van der Waals surface area (Å²) in [5.41, 5.74) is 3.76. The number of carbonyl (C=O) groups excluding carboxylic acids is 3. The molecule has 0 radical (unpaired) electrons. The van der Waals surface area contributed by atoms with Crippen LogP contribution in [0.25, 0.3) is 10.8 Å². The van der Waals surface area contributed by atoms with E-state index in [1.165, 1.54) is 4.90 Å². The normalized spacial score (nSPS) is 10.5. The number of amides is 2. The molecule has 0 saturated heterocycles. The molecule has 0 atom stereocenters. The van der Waals surface area contributed by atoms with E-state index in [0.29, 0.717) is 12.1 Å². The largest absolute Gasteiger partial charge is 0.454 e. The van der Waals surface area contributed by atoms with Crippen LogP contribution in [0.3, 0.4) is 0 Å². The first-order chi connectivity index (χ1) is 14.8. The second kappa shape index (κ2) is 9.89. The number of likely N-dealkylation sites (N-methyl/N-ethyl adjacent to an activating group) is 1. The van der Waals surface area contributed by atoms with Gasteiger partial charge in [0, 0.05) is 19.2 Å². The molecule has 0 bridgehead atoms. The average Bonchev–Trinajstić information content (AvgIpc) is 2.77. The quantitative estimate of drug-likeness (QED) is 0.597. The van der Waals surface area contributed by atoms with E-state index in [2.05, 4.69) is 11.4 Å². The molecule has 31 heavy (non-hydrogen) atoms. The second-order valence-electron chi connectivity index (χ2n) is 7.59. The number of rotatable bonds is 7. The first-order valence-corrected chi connectivity index (χ1v) is 10.1. The summed E-state index contributed by atoms with van der Waals surface area (Å²) in [5.74, 6) is -1.35. The van der Waals surface area contributed by atoms with Gasteiger partial charge in [0.2, 0.25) is 0 Å². The van der Waals surface area contributed by atoms with Crippen molar-refractivity contribution in [2.24, 2.45) is 0 Å². The Morgan fingerprint density at radius 1 is 0.935 bits per heavy atom. The molecule has 6 heteroatoms. The van der Waals surface area contributed by atoms with Crippen molar-refractivity contribution in [3.63, 3.8) is 0 Å². The van der Waals surface area contributed by atoms with Crippen LogP contribution in [0, 0.1) is 13.8 Å². The van der Waals surface area contributed by atoms with Gasteiger partial charge in [0.25, 0.3) is 11.8 Å². The van der Waals surface area contributed by atoms with E-state index in [1.54, 1.807) is 19.2 Å². The Labute approximate surface area is 181 Å². The summed E-state index contributed by atoms with van der Waals surface area (Å²) in [6.45, 7) is 3.77. The zero-order valence-electron chi connectivity index (χ0n) is 18.0. The predicted octanol–water partition coefficient (Wildman–Crippen LogP) is 3.39. The van der Waals surface area contributed by atoms with Gasteiger partial charge < -0.3 is 15.0 Å². The molecule has 0 aromatic heterocycles. The second-order valence-corrected chi connectivity index (χ2v) is 7.59. The Morgan fingerprint density at radius 3 is 2.42 bits per heavy atom. The van der Waals surface area contributed by atoms with Crippen molar-refractivity contribution in [3.8, 4) is 0 Å². The number of fused-ring (bicyclic) bond motifs is 1. The van der Waals surface area contributed by atoms with Crippen LogP contribution in [-0.2, 0) is 20.9 Å². The van der Waals surface area contributed by atoms with Crippen LogP contribution in [0.1, 0.15) is 27.0 Å². The lowest BCUT2D eigenvalue weighted by Gasteiger charge is -2.18. The molecule has 2 amide bonds. The maximum Gasteiger partial charge on any atom is 0.325 e. The van der Waals surface area contributed by atoms with E-state index >= 15 is 0 Å². The molecule has 0 unspecified atom stereocenters. The van der Waals surface area contributed by atoms with Gasteiger partial charge in [0.1, 0.15) is 6.54 Å². The lowest BCUT2D eigenvalue weighted by Crippen LogP contribution is -2.34. The summed E-state index contributed by atoms with van der Waals surface area (Å²) in [4.78, 5) is 38.1. The van der Waals surface area contributed by atoms with Gasteiger partial charge in [-0.3, -0.25) is 14.4 Å². The number of ether oxygens (including phenoxy) is 1. The van der Waals surface area contributed by atoms with E-state index < -0.39 is 5.97 Å². The van der Waals surface area contributed by atoms with Gasteiger partial charge in [-0.25, -0.2) is 0 Å². The number of esters is 1. The number of nitrogens with one attached hydrogen (secondary N) is 1. The Hall–Kier alpha value is -3.67. The molecule has 0 fully saturated rings. The van der Waals surface area contributed by atoms with Crippen molar-refractivity contribution in [2.45, 2.75) is 20.4 Å². The fraction of sp³-hybridized carbons (Fsp3) is 0.240. The van der Waals surface area contributed by atoms with E-state index in [0.717, 1.165) is 27.5 Å². The topological polar surface area (TPSA) is 75.7 Å².